The maximum absolute atomic E-state index is 13.5. The molecule has 2 aromatic carbocycles. The van der Waals surface area contributed by atoms with Crippen molar-refractivity contribution in [3.8, 4) is 5.88 Å². The number of pyridine rings is 1. The van der Waals surface area contributed by atoms with E-state index in [1.165, 1.54) is 0 Å². The Balaban J connectivity index is 0.713. The molecule has 5 aliphatic heterocycles. The van der Waals surface area contributed by atoms with Gasteiger partial charge in [0.05, 0.1) is 48.3 Å². The van der Waals surface area contributed by atoms with E-state index in [2.05, 4.69) is 41.4 Å². The van der Waals surface area contributed by atoms with Gasteiger partial charge in [0.25, 0.3) is 0 Å². The summed E-state index contributed by atoms with van der Waals surface area (Å²) in [6.07, 6.45) is 4.60. The molecule has 5 amide bonds. The molecular weight excluding hydrogens is 843 g/mol. The number of carbonyl (C=O) groups is 4. The number of anilines is 6. The van der Waals surface area contributed by atoms with E-state index in [0.717, 1.165) is 89.5 Å². The second-order valence-corrected chi connectivity index (χ2v) is 18.6. The van der Waals surface area contributed by atoms with Gasteiger partial charge in [-0.1, -0.05) is 18.2 Å². The molecule has 19 nitrogen and oxygen atoms in total. The summed E-state index contributed by atoms with van der Waals surface area (Å²) >= 11 is 0. The van der Waals surface area contributed by atoms with E-state index >= 15 is 0 Å². The molecule has 0 bridgehead atoms. The van der Waals surface area contributed by atoms with Crippen molar-refractivity contribution in [2.75, 3.05) is 90.4 Å². The van der Waals surface area contributed by atoms with E-state index in [0.29, 0.717) is 75.1 Å². The van der Waals surface area contributed by atoms with Crippen molar-refractivity contribution in [1.82, 2.24) is 39.8 Å². The molecule has 10 rings (SSSR count). The number of rotatable bonds is 8. The van der Waals surface area contributed by atoms with Crippen LogP contribution in [-0.2, 0) is 40.8 Å². The third-order valence-corrected chi connectivity index (χ3v) is 13.1. The van der Waals surface area contributed by atoms with Crippen LogP contribution in [0.25, 0.3) is 10.9 Å². The number of benzene rings is 2. The highest BCUT2D eigenvalue weighted by molar-refractivity contribution is 6.10. The molecule has 344 valence electrons. The Morgan fingerprint density at radius 2 is 1.70 bits per heavy atom. The summed E-state index contributed by atoms with van der Waals surface area (Å²) in [4.78, 5) is 77.4. The Kier molecular flexibility index (Phi) is 11.1. The van der Waals surface area contributed by atoms with Crippen LogP contribution in [0.4, 0.5) is 44.1 Å². The fourth-order valence-electron chi connectivity index (χ4n) is 9.58. The molecule has 0 atom stereocenters. The van der Waals surface area contributed by atoms with Crippen molar-refractivity contribution >= 4 is 69.4 Å². The van der Waals surface area contributed by atoms with Crippen LogP contribution < -0.4 is 35.0 Å². The number of nitrogens with one attached hydrogen (secondary N) is 2. The van der Waals surface area contributed by atoms with E-state index in [1.807, 2.05) is 93.1 Å². The molecule has 8 heterocycles. The molecule has 0 unspecified atom stereocenters. The second kappa shape index (κ2) is 17.1. The van der Waals surface area contributed by atoms with Gasteiger partial charge in [-0.05, 0) is 69.5 Å². The van der Waals surface area contributed by atoms with Gasteiger partial charge in [-0.3, -0.25) is 34.3 Å². The lowest BCUT2D eigenvalue weighted by atomic mass is 10.0. The summed E-state index contributed by atoms with van der Waals surface area (Å²) in [6, 6.07) is 13.9. The predicted octanol–water partition coefficient (Wildman–Crippen LogP) is 4.53. The van der Waals surface area contributed by atoms with Gasteiger partial charge in [0, 0.05) is 94.7 Å². The Bertz CT molecular complexity index is 2720. The highest BCUT2D eigenvalue weighted by atomic mass is 16.6. The Morgan fingerprint density at radius 1 is 0.909 bits per heavy atom. The molecule has 0 spiro atoms. The van der Waals surface area contributed by atoms with Crippen molar-refractivity contribution in [2.45, 2.75) is 65.1 Å². The van der Waals surface area contributed by atoms with Gasteiger partial charge >= 0.3 is 12.1 Å². The van der Waals surface area contributed by atoms with E-state index in [4.69, 9.17) is 19.6 Å². The van der Waals surface area contributed by atoms with Gasteiger partial charge in [0.2, 0.25) is 23.6 Å². The molecule has 66 heavy (non-hydrogen) atoms. The highest BCUT2D eigenvalue weighted by Crippen LogP contribution is 2.40. The minimum Gasteiger partial charge on any atom is -0.474 e. The number of imide groups is 1. The van der Waals surface area contributed by atoms with Crippen LogP contribution in [0.1, 0.15) is 49.6 Å². The van der Waals surface area contributed by atoms with Gasteiger partial charge in [-0.2, -0.15) is 5.10 Å². The summed E-state index contributed by atoms with van der Waals surface area (Å²) in [5, 5.41) is 11.3. The molecule has 5 aromatic rings. The first kappa shape index (κ1) is 42.9. The van der Waals surface area contributed by atoms with E-state index in [-0.39, 0.29) is 18.2 Å². The lowest BCUT2D eigenvalue weighted by Gasteiger charge is -2.49. The number of urea groups is 1. The molecule has 3 fully saturated rings. The SMILES string of the molecule is Cc1c(N2CCc3cnc(Nc4ccc(CC(=O)N5CCN(C6CN(c7cccc8c(N9CCC(=O)NC9=O)nn(C)c78)C6)CC5)cc4)nc3C2)cnc2c1N(C(=O)OC(C)(C)C)CCO2. The maximum Gasteiger partial charge on any atom is 0.415 e. The Labute approximate surface area is 382 Å². The van der Waals surface area contributed by atoms with Crippen LogP contribution in [0.2, 0.25) is 0 Å². The number of fused-ring (bicyclic) bond motifs is 3. The number of piperazine rings is 1. The van der Waals surface area contributed by atoms with Crippen molar-refractivity contribution in [1.29, 1.82) is 0 Å². The average molecular weight is 898 g/mol. The minimum atomic E-state index is -0.631. The fourth-order valence-corrected chi connectivity index (χ4v) is 9.58. The van der Waals surface area contributed by atoms with Crippen LogP contribution in [-0.4, -0.2) is 136 Å². The number of aryl methyl sites for hydroxylation is 1. The molecule has 0 aliphatic carbocycles. The molecule has 0 saturated carbocycles. The quantitative estimate of drug-likeness (QED) is 0.221. The molecule has 0 radical (unpaired) electrons. The lowest BCUT2D eigenvalue weighted by Crippen LogP contribution is -2.63. The highest BCUT2D eigenvalue weighted by Gasteiger charge is 2.37. The second-order valence-electron chi connectivity index (χ2n) is 18.6. The number of para-hydroxylation sites is 1. The number of hydrogen-bond acceptors (Lipinski definition) is 14. The largest absolute Gasteiger partial charge is 0.474 e. The normalized spacial score (nSPS) is 18.1. The van der Waals surface area contributed by atoms with Gasteiger partial charge in [-0.15, -0.1) is 0 Å². The van der Waals surface area contributed by atoms with E-state index in [9.17, 15) is 19.2 Å². The Hall–Kier alpha value is -7.02. The number of carbonyl (C=O) groups excluding carboxylic acids is 4. The lowest BCUT2D eigenvalue weighted by molar-refractivity contribution is -0.132. The number of ether oxygens (including phenoxy) is 2. The summed E-state index contributed by atoms with van der Waals surface area (Å²) in [5.41, 5.74) is 7.59. The fraction of sp³-hybridized carbons (Fsp3) is 0.447. The van der Waals surface area contributed by atoms with Gasteiger partial charge in [0.1, 0.15) is 17.9 Å². The zero-order valence-electron chi connectivity index (χ0n) is 38.0. The first-order valence-corrected chi connectivity index (χ1v) is 22.7. The monoisotopic (exact) mass is 897 g/mol. The van der Waals surface area contributed by atoms with Crippen molar-refractivity contribution < 1.29 is 28.7 Å². The number of hydrogen-bond donors (Lipinski definition) is 2. The van der Waals surface area contributed by atoms with Gasteiger partial charge in [-0.25, -0.2) is 24.5 Å². The summed E-state index contributed by atoms with van der Waals surface area (Å²) in [7, 11) is 1.89. The zero-order valence-corrected chi connectivity index (χ0v) is 38.0. The molecule has 3 saturated heterocycles. The van der Waals surface area contributed by atoms with Gasteiger partial charge in [0.15, 0.2) is 5.82 Å². The molecular formula is C47H55N13O6. The van der Waals surface area contributed by atoms with Crippen LogP contribution >= 0.6 is 0 Å². The first-order chi connectivity index (χ1) is 31.8. The summed E-state index contributed by atoms with van der Waals surface area (Å²) in [5.74, 6) is 1.32. The Morgan fingerprint density at radius 3 is 2.45 bits per heavy atom. The van der Waals surface area contributed by atoms with Crippen LogP contribution in [0.15, 0.2) is 54.9 Å². The van der Waals surface area contributed by atoms with Crippen LogP contribution in [0, 0.1) is 6.92 Å². The third-order valence-electron chi connectivity index (χ3n) is 13.1. The minimum absolute atomic E-state index is 0.119. The van der Waals surface area contributed by atoms with Crippen molar-refractivity contribution in [3.05, 3.63) is 77.2 Å². The zero-order chi connectivity index (χ0) is 45.9. The molecule has 2 N–H and O–H groups in total. The van der Waals surface area contributed by atoms with Gasteiger partial charge < -0.3 is 29.5 Å². The maximum atomic E-state index is 13.5. The molecule has 19 heteroatoms. The number of aromatic nitrogens is 5. The van der Waals surface area contributed by atoms with E-state index in [1.54, 1.807) is 9.80 Å². The smallest absolute Gasteiger partial charge is 0.415 e. The number of nitrogens with zero attached hydrogens (tertiary/aromatic N) is 11. The summed E-state index contributed by atoms with van der Waals surface area (Å²) in [6.45, 7) is 14.6. The molecule has 3 aromatic heterocycles. The summed E-state index contributed by atoms with van der Waals surface area (Å²) < 4.78 is 13.4. The van der Waals surface area contributed by atoms with Crippen molar-refractivity contribution in [3.63, 3.8) is 0 Å². The molecule has 5 aliphatic rings. The van der Waals surface area contributed by atoms with Crippen molar-refractivity contribution in [2.24, 2.45) is 7.05 Å². The van der Waals surface area contributed by atoms with Crippen LogP contribution in [0.5, 0.6) is 5.88 Å². The first-order valence-electron chi connectivity index (χ1n) is 22.7. The number of amides is 5. The predicted molar refractivity (Wildman–Crippen MR) is 249 cm³/mol. The van der Waals surface area contributed by atoms with E-state index < -0.39 is 17.7 Å². The average Bonchev–Trinajstić information content (AvgIpc) is 3.62. The standard InChI is InChI=1S/C47H55N13O6/c1-29-37(25-48-43-40(29)59(21-22-65-43)46(64)66-47(2,3)4)57-15-13-31-24-49-44(51-35(31)28-57)50-32-11-9-30(10-12-32)23-39(62)56-19-17-55(18-20-56)33-26-58(27-33)36-8-6-7-34-41(36)54(5)53-42(34)60-16-14-38(61)52-45(60)63/h6-12,24-25,33H,13-23,26-28H2,1-5H3,(H,49,50,51)(H,52,61,63). The topological polar surface area (TPSA) is 187 Å². The van der Waals surface area contributed by atoms with Crippen LogP contribution in [0.3, 0.4) is 0 Å². The third kappa shape index (κ3) is 8.38.